The first-order valence-corrected chi connectivity index (χ1v) is 13.4. The maximum absolute atomic E-state index is 13.3. The van der Waals surface area contributed by atoms with Gasteiger partial charge in [-0.2, -0.15) is 0 Å². The molecule has 18 heteroatoms. The molecule has 0 radical (unpaired) electrons. The highest BCUT2D eigenvalue weighted by atomic mass is 32.2. The smallest absolute Gasteiger partial charge is 0.352 e. The largest absolute Gasteiger partial charge is 0.482 e. The van der Waals surface area contributed by atoms with E-state index in [2.05, 4.69) is 20.8 Å². The molecule has 1 aromatic heterocycles. The molecule has 1 fully saturated rings. The zero-order valence-corrected chi connectivity index (χ0v) is 22.3. The number of carbonyl (C=O) groups excluding carboxylic acids is 2. The van der Waals surface area contributed by atoms with Gasteiger partial charge >= 0.3 is 17.9 Å². The number of methoxy groups -OCH3 is 1. The Morgan fingerprint density at radius 2 is 1.90 bits per heavy atom. The topological polar surface area (TPSA) is 223 Å². The molecule has 0 spiro atoms. The van der Waals surface area contributed by atoms with Crippen LogP contribution in [0.5, 0.6) is 5.75 Å². The number of carboxylic acids is 3. The number of carboxylic acid groups (broad SMARTS) is 3. The number of tetrazole rings is 1. The second-order valence-electron chi connectivity index (χ2n) is 8.39. The lowest BCUT2D eigenvalue weighted by Crippen LogP contribution is -2.80. The third-order valence-corrected chi connectivity index (χ3v) is 8.19. The number of rotatable bonds is 13. The van der Waals surface area contributed by atoms with Gasteiger partial charge in [0.25, 0.3) is 11.6 Å². The van der Waals surface area contributed by atoms with Crippen LogP contribution in [0.1, 0.15) is 5.56 Å². The predicted molar refractivity (Wildman–Crippen MR) is 135 cm³/mol. The molecule has 4 rings (SSSR count). The summed E-state index contributed by atoms with van der Waals surface area (Å²) in [5, 5.41) is 40.3. The monoisotopic (exact) mass is 594 g/mol. The van der Waals surface area contributed by atoms with E-state index in [9.17, 15) is 29.1 Å². The normalized spacial score (nSPS) is 20.0. The van der Waals surface area contributed by atoms with Crippen molar-refractivity contribution in [3.8, 4) is 5.75 Å². The van der Waals surface area contributed by atoms with E-state index in [1.165, 1.54) is 31.0 Å². The number of benzene rings is 1. The first-order chi connectivity index (χ1) is 19.1. The molecule has 0 aliphatic carbocycles. The Morgan fingerprint density at radius 3 is 2.52 bits per heavy atom. The Balaban J connectivity index is 1.44. The van der Waals surface area contributed by atoms with Crippen LogP contribution in [0.25, 0.3) is 0 Å². The average molecular weight is 595 g/mol. The number of thioether (sulfide) groups is 2. The molecule has 4 N–H and O–H groups in total. The van der Waals surface area contributed by atoms with E-state index in [4.69, 9.17) is 19.7 Å². The summed E-state index contributed by atoms with van der Waals surface area (Å²) in [6.07, 6.45) is -0.135. The molecule has 2 aromatic rings. The highest BCUT2D eigenvalue weighted by Crippen LogP contribution is 2.47. The number of carbonyl (C=O) groups is 5. The van der Waals surface area contributed by atoms with Crippen molar-refractivity contribution in [1.29, 1.82) is 0 Å². The van der Waals surface area contributed by atoms with Crippen molar-refractivity contribution in [2.45, 2.75) is 29.2 Å². The van der Waals surface area contributed by atoms with E-state index in [1.807, 2.05) is 0 Å². The van der Waals surface area contributed by atoms with Crippen LogP contribution < -0.4 is 10.1 Å². The number of amides is 2. The molecular formula is C22H22N6O10S2. The zero-order valence-electron chi connectivity index (χ0n) is 20.7. The number of aliphatic carboxylic acids is 3. The molecule has 16 nitrogen and oxygen atoms in total. The lowest BCUT2D eigenvalue weighted by atomic mass is 9.98. The van der Waals surface area contributed by atoms with Gasteiger partial charge in [0.15, 0.2) is 6.61 Å². The quantitative estimate of drug-likeness (QED) is 0.127. The van der Waals surface area contributed by atoms with Gasteiger partial charge < -0.3 is 30.1 Å². The molecule has 0 unspecified atom stereocenters. The Kier molecular flexibility index (Phi) is 8.60. The minimum absolute atomic E-state index is 0.0731. The summed E-state index contributed by atoms with van der Waals surface area (Å²) < 4.78 is 11.6. The van der Waals surface area contributed by atoms with Gasteiger partial charge in [0.2, 0.25) is 11.1 Å². The van der Waals surface area contributed by atoms with E-state index in [0.29, 0.717) is 16.9 Å². The molecule has 2 aliphatic rings. The molecular weight excluding hydrogens is 572 g/mol. The van der Waals surface area contributed by atoms with Gasteiger partial charge in [-0.25, -0.2) is 14.3 Å². The highest BCUT2D eigenvalue weighted by molar-refractivity contribution is 8.01. The summed E-state index contributed by atoms with van der Waals surface area (Å²) in [6.45, 7) is -0.981. The van der Waals surface area contributed by atoms with Crippen LogP contribution in [0.4, 0.5) is 0 Å². The van der Waals surface area contributed by atoms with Gasteiger partial charge in [-0.3, -0.25) is 19.3 Å². The van der Waals surface area contributed by atoms with E-state index in [-0.39, 0.29) is 28.8 Å². The van der Waals surface area contributed by atoms with Crippen LogP contribution in [0.3, 0.4) is 0 Å². The molecule has 0 bridgehead atoms. The fourth-order valence-electron chi connectivity index (χ4n) is 4.02. The van der Waals surface area contributed by atoms with Crippen LogP contribution in [0, 0.1) is 0 Å². The van der Waals surface area contributed by atoms with E-state index in [0.717, 1.165) is 21.3 Å². The molecule has 40 heavy (non-hydrogen) atoms. The predicted octanol–water partition coefficient (Wildman–Crippen LogP) is -0.731. The van der Waals surface area contributed by atoms with Crippen molar-refractivity contribution in [1.82, 2.24) is 30.4 Å². The Labute approximate surface area is 233 Å². The fourth-order valence-corrected chi connectivity index (χ4v) is 6.47. The number of β-lactam (4-membered cyclic amide) rings is 1. The summed E-state index contributed by atoms with van der Waals surface area (Å²) in [4.78, 5) is 61.0. The van der Waals surface area contributed by atoms with Gasteiger partial charge in [-0.05, 0) is 33.7 Å². The van der Waals surface area contributed by atoms with Gasteiger partial charge in [0, 0.05) is 18.6 Å². The number of hydrogen-bond donors (Lipinski definition) is 4. The molecule has 2 amide bonds. The minimum Gasteiger partial charge on any atom is -0.482 e. The molecule has 212 valence electrons. The standard InChI is InChI=1S/C22H22N6O10S2/c1-37-22(23-14(29)6-11-2-4-13(5-3-11)38-8-16(32)33)19(36)28-17(18(34)35)12(9-39-20(22)28)10-40-21-24-25-26-27(21)7-15(30)31/h2-5,20H,6-10H2,1H3,(H,23,29)(H,30,31)(H,32,33)(H,34,35)/t20-,22-/m0/s1. The molecule has 0 saturated carbocycles. The zero-order chi connectivity index (χ0) is 29.0. The first-order valence-electron chi connectivity index (χ1n) is 11.4. The lowest BCUT2D eigenvalue weighted by molar-refractivity contribution is -0.192. The van der Waals surface area contributed by atoms with Crippen LogP contribution >= 0.6 is 23.5 Å². The molecule has 1 saturated heterocycles. The van der Waals surface area contributed by atoms with Crippen molar-refractivity contribution < 1.29 is 48.8 Å². The summed E-state index contributed by atoms with van der Waals surface area (Å²) in [6, 6.07) is 6.16. The van der Waals surface area contributed by atoms with Crippen LogP contribution in [0.2, 0.25) is 0 Å². The highest BCUT2D eigenvalue weighted by Gasteiger charge is 2.66. The Hall–Kier alpha value is -4.16. The fraction of sp³-hybridized carbons (Fsp3) is 0.364. The average Bonchev–Trinajstić information content (AvgIpc) is 3.35. The van der Waals surface area contributed by atoms with Crippen molar-refractivity contribution >= 4 is 53.2 Å². The maximum Gasteiger partial charge on any atom is 0.352 e. The van der Waals surface area contributed by atoms with Crippen molar-refractivity contribution in [2.75, 3.05) is 25.2 Å². The van der Waals surface area contributed by atoms with E-state index in [1.54, 1.807) is 12.1 Å². The summed E-state index contributed by atoms with van der Waals surface area (Å²) in [5.41, 5.74) is -1.09. The van der Waals surface area contributed by atoms with Gasteiger partial charge in [0.1, 0.15) is 23.4 Å². The second kappa shape index (κ2) is 11.9. The SMILES string of the molecule is CO[C@@]1(NC(=O)Cc2ccc(OCC(=O)O)cc2)C(=O)N2C(C(=O)O)=C(CSc3nnnn3CC(=O)O)CS[C@H]21. The first kappa shape index (κ1) is 28.8. The number of fused-ring (bicyclic) bond motifs is 1. The van der Waals surface area contributed by atoms with Crippen molar-refractivity contribution in [3.63, 3.8) is 0 Å². The van der Waals surface area contributed by atoms with Crippen molar-refractivity contribution in [3.05, 3.63) is 41.1 Å². The Bertz CT molecular complexity index is 1380. The molecule has 1 aromatic carbocycles. The van der Waals surface area contributed by atoms with Crippen LogP contribution in [-0.4, -0.2) is 106 Å². The third kappa shape index (κ3) is 5.87. The van der Waals surface area contributed by atoms with E-state index < -0.39 is 54.0 Å². The van der Waals surface area contributed by atoms with Crippen molar-refractivity contribution in [2.24, 2.45) is 0 Å². The number of nitrogens with one attached hydrogen (secondary N) is 1. The number of hydrogen-bond acceptors (Lipinski definition) is 12. The van der Waals surface area contributed by atoms with Gasteiger partial charge in [0.05, 0.1) is 6.42 Å². The second-order valence-corrected chi connectivity index (χ2v) is 10.4. The maximum atomic E-state index is 13.3. The van der Waals surface area contributed by atoms with E-state index >= 15 is 0 Å². The van der Waals surface area contributed by atoms with Crippen LogP contribution in [0.15, 0.2) is 40.7 Å². The van der Waals surface area contributed by atoms with Gasteiger partial charge in [-0.15, -0.1) is 16.9 Å². The molecule has 2 aliphatic heterocycles. The summed E-state index contributed by atoms with van der Waals surface area (Å²) >= 11 is 2.23. The third-order valence-electron chi connectivity index (χ3n) is 5.77. The van der Waals surface area contributed by atoms with Gasteiger partial charge in [-0.1, -0.05) is 23.9 Å². The molecule has 3 heterocycles. The number of aromatic nitrogens is 4. The summed E-state index contributed by atoms with van der Waals surface area (Å²) in [7, 11) is 1.24. The minimum atomic E-state index is -1.78. The number of ether oxygens (including phenoxy) is 2. The Morgan fingerprint density at radius 1 is 1.18 bits per heavy atom. The lowest BCUT2D eigenvalue weighted by Gasteiger charge is -2.55. The number of nitrogens with zero attached hydrogens (tertiary/aromatic N) is 5. The summed E-state index contributed by atoms with van der Waals surface area (Å²) in [5.74, 6) is -4.37. The van der Waals surface area contributed by atoms with Crippen LogP contribution in [-0.2, 0) is 41.7 Å². The molecule has 2 atom stereocenters.